The van der Waals surface area contributed by atoms with Gasteiger partial charge >= 0.3 is 29.8 Å². The van der Waals surface area contributed by atoms with Gasteiger partial charge in [0.05, 0.1) is 5.56 Å². The van der Waals surface area contributed by atoms with Gasteiger partial charge in [-0.15, -0.1) is 0 Å². The molecule has 3 aromatic carbocycles. The number of hydrogen-bond acceptors (Lipinski definition) is 7. The smallest absolute Gasteiger partial charge is 0.422 e. The number of benzene rings is 3. The molecule has 0 saturated heterocycles. The third-order valence-electron chi connectivity index (χ3n) is 4.33. The minimum absolute atomic E-state index is 0.00672. The van der Waals surface area contributed by atoms with Gasteiger partial charge in [0.25, 0.3) is 0 Å². The first-order chi connectivity index (χ1) is 15.6. The lowest BCUT2D eigenvalue weighted by molar-refractivity contribution is -0.158. The fourth-order valence-corrected chi connectivity index (χ4v) is 2.82. The molecule has 0 aliphatic rings. The van der Waals surface area contributed by atoms with Crippen molar-refractivity contribution >= 4 is 29.8 Å². The summed E-state index contributed by atoms with van der Waals surface area (Å²) in [5.41, 5.74) is 2.16. The molecule has 0 heterocycles. The highest BCUT2D eigenvalue weighted by Crippen LogP contribution is 2.30. The Morgan fingerprint density at radius 2 is 0.879 bits per heavy atom. The third-order valence-corrected chi connectivity index (χ3v) is 4.33. The predicted octanol–water partition coefficient (Wildman–Crippen LogP) is 2.70. The van der Waals surface area contributed by atoms with Crippen molar-refractivity contribution in [2.45, 2.75) is 0 Å². The Balaban J connectivity index is 1.92. The fraction of sp³-hybridized carbons (Fsp3) is 0. The Bertz CT molecular complexity index is 1170. The number of carboxylic acids is 3. The molecule has 0 radical (unpaired) electrons. The van der Waals surface area contributed by atoms with Gasteiger partial charge in [-0.25, -0.2) is 24.0 Å². The zero-order valence-corrected chi connectivity index (χ0v) is 16.6. The molecule has 10 nitrogen and oxygen atoms in total. The Kier molecular flexibility index (Phi) is 6.49. The molecule has 0 spiro atoms. The van der Waals surface area contributed by atoms with Crippen molar-refractivity contribution in [1.82, 2.24) is 0 Å². The van der Waals surface area contributed by atoms with E-state index in [2.05, 4.69) is 9.47 Å². The minimum atomic E-state index is -1.73. The normalized spacial score (nSPS) is 10.2. The van der Waals surface area contributed by atoms with Crippen LogP contribution >= 0.6 is 0 Å². The highest BCUT2D eigenvalue weighted by molar-refractivity contribution is 6.29. The van der Waals surface area contributed by atoms with Crippen molar-refractivity contribution in [1.29, 1.82) is 0 Å². The highest BCUT2D eigenvalue weighted by atomic mass is 16.6. The van der Waals surface area contributed by atoms with E-state index in [1.165, 1.54) is 60.7 Å². The average molecular weight is 450 g/mol. The van der Waals surface area contributed by atoms with Crippen molar-refractivity contribution in [3.8, 4) is 33.8 Å². The van der Waals surface area contributed by atoms with Crippen LogP contribution < -0.4 is 9.47 Å². The molecule has 3 rings (SSSR count). The Labute approximate surface area is 185 Å². The highest BCUT2D eigenvalue weighted by Gasteiger charge is 2.16. The lowest BCUT2D eigenvalue weighted by Gasteiger charge is -2.10. The standard InChI is InChI=1S/C23H14O10/c24-19(25)16-10-14(12-1-5-17(6-2-12)32-22(30)20(26)27)9-15(11-16)13-3-7-18(8-4-13)33-23(31)21(28)29/h1-11H,(H,24,25)(H,26,27)(H,28,29). The van der Waals surface area contributed by atoms with Crippen LogP contribution in [0.25, 0.3) is 22.3 Å². The molecule has 3 N–H and O–H groups in total. The molecule has 0 saturated carbocycles. The summed E-state index contributed by atoms with van der Waals surface area (Å²) in [6.45, 7) is 0. The summed E-state index contributed by atoms with van der Waals surface area (Å²) in [5.74, 6) is -7.49. The SMILES string of the molecule is O=C(O)C(=O)Oc1ccc(-c2cc(C(=O)O)cc(-c3ccc(OC(=O)C(=O)O)cc3)c2)cc1. The number of aliphatic carboxylic acids is 2. The van der Waals surface area contributed by atoms with Gasteiger partial charge in [-0.3, -0.25) is 0 Å². The van der Waals surface area contributed by atoms with Crippen LogP contribution in [0.1, 0.15) is 10.4 Å². The molecule has 0 aliphatic carbocycles. The van der Waals surface area contributed by atoms with Crippen LogP contribution in [0.2, 0.25) is 0 Å². The molecule has 0 atom stereocenters. The summed E-state index contributed by atoms with van der Waals surface area (Å²) in [6, 6.07) is 16.2. The molecule has 0 unspecified atom stereocenters. The van der Waals surface area contributed by atoms with Crippen molar-refractivity contribution in [3.63, 3.8) is 0 Å². The van der Waals surface area contributed by atoms with Crippen LogP contribution in [0.5, 0.6) is 11.5 Å². The number of carbonyl (C=O) groups excluding carboxylic acids is 2. The Hall–Kier alpha value is -4.99. The summed E-state index contributed by atoms with van der Waals surface area (Å²) >= 11 is 0. The van der Waals surface area contributed by atoms with E-state index in [1.807, 2.05) is 0 Å². The second-order valence-electron chi connectivity index (χ2n) is 6.54. The monoisotopic (exact) mass is 450 g/mol. The van der Waals surface area contributed by atoms with E-state index in [-0.39, 0.29) is 17.1 Å². The van der Waals surface area contributed by atoms with Crippen LogP contribution in [0.15, 0.2) is 66.7 Å². The van der Waals surface area contributed by atoms with Crippen molar-refractivity contribution < 1.29 is 48.8 Å². The van der Waals surface area contributed by atoms with Crippen molar-refractivity contribution in [2.24, 2.45) is 0 Å². The van der Waals surface area contributed by atoms with Gasteiger partial charge in [0.15, 0.2) is 0 Å². The molecular weight excluding hydrogens is 436 g/mol. The first kappa shape index (κ1) is 22.7. The summed E-state index contributed by atoms with van der Waals surface area (Å²) in [4.78, 5) is 55.1. The van der Waals surface area contributed by atoms with E-state index in [1.54, 1.807) is 6.07 Å². The quantitative estimate of drug-likeness (QED) is 0.299. The van der Waals surface area contributed by atoms with E-state index >= 15 is 0 Å². The van der Waals surface area contributed by atoms with Gasteiger partial charge in [-0.2, -0.15) is 0 Å². The summed E-state index contributed by atoms with van der Waals surface area (Å²) in [5, 5.41) is 26.7. The fourth-order valence-electron chi connectivity index (χ4n) is 2.82. The first-order valence-corrected chi connectivity index (χ1v) is 9.13. The Morgan fingerprint density at radius 1 is 0.515 bits per heavy atom. The number of rotatable bonds is 5. The molecular formula is C23H14O10. The van der Waals surface area contributed by atoms with Gasteiger partial charge in [-0.1, -0.05) is 24.3 Å². The van der Waals surface area contributed by atoms with Crippen molar-refractivity contribution in [2.75, 3.05) is 0 Å². The summed E-state index contributed by atoms with van der Waals surface area (Å²) in [6.07, 6.45) is 0. The topological polar surface area (TPSA) is 164 Å². The van der Waals surface area contributed by atoms with E-state index in [0.29, 0.717) is 22.3 Å². The number of aromatic carboxylic acids is 1. The third kappa shape index (κ3) is 5.58. The molecule has 10 heteroatoms. The maximum Gasteiger partial charge on any atom is 0.422 e. The second-order valence-corrected chi connectivity index (χ2v) is 6.54. The summed E-state index contributed by atoms with van der Waals surface area (Å²) < 4.78 is 9.34. The molecule has 33 heavy (non-hydrogen) atoms. The Morgan fingerprint density at radius 3 is 1.18 bits per heavy atom. The average Bonchev–Trinajstić information content (AvgIpc) is 2.79. The lowest BCUT2D eigenvalue weighted by atomic mass is 9.96. The van der Waals surface area contributed by atoms with Gasteiger partial charge in [0.2, 0.25) is 0 Å². The van der Waals surface area contributed by atoms with E-state index < -0.39 is 29.8 Å². The number of ether oxygens (including phenoxy) is 2. The number of carbonyl (C=O) groups is 5. The van der Waals surface area contributed by atoms with Crippen LogP contribution in [0, 0.1) is 0 Å². The maximum absolute atomic E-state index is 11.6. The zero-order chi connectivity index (χ0) is 24.1. The van der Waals surface area contributed by atoms with Gasteiger partial charge < -0.3 is 24.8 Å². The molecule has 0 bridgehead atoms. The number of carboxylic acid groups (broad SMARTS) is 3. The molecule has 0 aliphatic heterocycles. The zero-order valence-electron chi connectivity index (χ0n) is 16.6. The van der Waals surface area contributed by atoms with Crippen LogP contribution in [-0.4, -0.2) is 45.2 Å². The second kappa shape index (κ2) is 9.43. The minimum Gasteiger partial charge on any atom is -0.478 e. The van der Waals surface area contributed by atoms with Crippen LogP contribution in [0.3, 0.4) is 0 Å². The summed E-state index contributed by atoms with van der Waals surface area (Å²) in [7, 11) is 0. The molecule has 166 valence electrons. The van der Waals surface area contributed by atoms with Crippen LogP contribution in [-0.2, 0) is 19.2 Å². The van der Waals surface area contributed by atoms with E-state index in [0.717, 1.165) is 0 Å². The van der Waals surface area contributed by atoms with Crippen LogP contribution in [0.4, 0.5) is 0 Å². The molecule has 3 aromatic rings. The molecule has 0 amide bonds. The molecule has 0 aromatic heterocycles. The van der Waals surface area contributed by atoms with Gasteiger partial charge in [0, 0.05) is 0 Å². The van der Waals surface area contributed by atoms with E-state index in [9.17, 15) is 29.1 Å². The van der Waals surface area contributed by atoms with Gasteiger partial charge in [-0.05, 0) is 64.7 Å². The number of esters is 2. The van der Waals surface area contributed by atoms with Crippen molar-refractivity contribution in [3.05, 3.63) is 72.3 Å². The predicted molar refractivity (Wildman–Crippen MR) is 111 cm³/mol. The maximum atomic E-state index is 11.6. The number of hydrogen-bond donors (Lipinski definition) is 3. The first-order valence-electron chi connectivity index (χ1n) is 9.13. The molecule has 0 fully saturated rings. The largest absolute Gasteiger partial charge is 0.478 e. The lowest BCUT2D eigenvalue weighted by Crippen LogP contribution is -2.19. The van der Waals surface area contributed by atoms with E-state index in [4.69, 9.17) is 10.2 Å². The van der Waals surface area contributed by atoms with Gasteiger partial charge in [0.1, 0.15) is 11.5 Å².